The largest absolute Gasteiger partial charge is 0.467 e. The molecule has 0 bridgehead atoms. The first-order valence-corrected chi connectivity index (χ1v) is 8.89. The van der Waals surface area contributed by atoms with Crippen molar-refractivity contribution in [3.63, 3.8) is 0 Å². The first kappa shape index (κ1) is 17.9. The van der Waals surface area contributed by atoms with Gasteiger partial charge in [-0.2, -0.15) is 0 Å². The van der Waals surface area contributed by atoms with Gasteiger partial charge in [0.2, 0.25) is 5.91 Å². The number of carbonyl (C=O) groups is 2. The molecule has 0 spiro atoms. The Morgan fingerprint density at radius 2 is 2.15 bits per heavy atom. The highest BCUT2D eigenvalue weighted by molar-refractivity contribution is 8.00. The zero-order chi connectivity index (χ0) is 18.5. The van der Waals surface area contributed by atoms with Crippen LogP contribution < -0.4 is 5.32 Å². The van der Waals surface area contributed by atoms with E-state index in [1.165, 1.54) is 18.7 Å². The lowest BCUT2D eigenvalue weighted by Crippen LogP contribution is -2.23. The minimum Gasteiger partial charge on any atom is -0.467 e. The van der Waals surface area contributed by atoms with Gasteiger partial charge in [0.05, 0.1) is 18.1 Å². The molecule has 134 valence electrons. The molecule has 1 atom stereocenters. The third-order valence-corrected chi connectivity index (χ3v) is 4.77. The van der Waals surface area contributed by atoms with E-state index in [0.29, 0.717) is 23.0 Å². The second-order valence-electron chi connectivity index (χ2n) is 5.71. The number of carbonyl (C=O) groups excluding carboxylic acids is 2. The Kier molecular flexibility index (Phi) is 5.52. The predicted octanol–water partition coefficient (Wildman–Crippen LogP) is 3.24. The third kappa shape index (κ3) is 4.40. The number of nitrogens with zero attached hydrogens (tertiary/aromatic N) is 3. The van der Waals surface area contributed by atoms with E-state index in [9.17, 15) is 9.59 Å². The summed E-state index contributed by atoms with van der Waals surface area (Å²) >= 11 is 1.31. The van der Waals surface area contributed by atoms with Crippen LogP contribution in [-0.2, 0) is 11.3 Å². The van der Waals surface area contributed by atoms with Gasteiger partial charge in [0.1, 0.15) is 12.1 Å². The van der Waals surface area contributed by atoms with E-state index in [4.69, 9.17) is 4.42 Å². The number of hydrogen-bond acceptors (Lipinski definition) is 6. The molecule has 2 heterocycles. The van der Waals surface area contributed by atoms with Crippen LogP contribution in [0.15, 0.2) is 58.6 Å². The topological polar surface area (TPSA) is 90.0 Å². The monoisotopic (exact) mass is 370 g/mol. The van der Waals surface area contributed by atoms with Crippen molar-refractivity contribution in [2.24, 2.45) is 0 Å². The van der Waals surface area contributed by atoms with Crippen LogP contribution in [-0.4, -0.2) is 31.7 Å². The lowest BCUT2D eigenvalue weighted by molar-refractivity contribution is -0.115. The minimum atomic E-state index is -0.393. The highest BCUT2D eigenvalue weighted by atomic mass is 32.2. The molecule has 0 aliphatic carbocycles. The fraction of sp³-hybridized carbons (Fsp3) is 0.222. The van der Waals surface area contributed by atoms with Crippen molar-refractivity contribution in [1.29, 1.82) is 0 Å². The number of ketones is 1. The van der Waals surface area contributed by atoms with Gasteiger partial charge in [-0.15, -0.1) is 10.2 Å². The number of rotatable bonds is 7. The summed E-state index contributed by atoms with van der Waals surface area (Å²) in [5.74, 6) is 0.558. The maximum Gasteiger partial charge on any atom is 0.237 e. The molecule has 1 amide bonds. The summed E-state index contributed by atoms with van der Waals surface area (Å²) in [6.45, 7) is 3.78. The molecule has 0 saturated heterocycles. The molecule has 7 nitrogen and oxygen atoms in total. The van der Waals surface area contributed by atoms with Crippen LogP contribution in [0, 0.1) is 0 Å². The molecular formula is C18H18N4O3S. The second kappa shape index (κ2) is 8.01. The summed E-state index contributed by atoms with van der Waals surface area (Å²) in [6.07, 6.45) is 3.21. The van der Waals surface area contributed by atoms with Crippen LogP contribution >= 0.6 is 11.8 Å². The molecule has 3 aromatic rings. The normalized spacial score (nSPS) is 11.9. The van der Waals surface area contributed by atoms with E-state index in [-0.39, 0.29) is 11.7 Å². The maximum atomic E-state index is 12.5. The Labute approximate surface area is 154 Å². The van der Waals surface area contributed by atoms with Crippen molar-refractivity contribution in [2.45, 2.75) is 30.8 Å². The average Bonchev–Trinajstić information content (AvgIpc) is 3.28. The third-order valence-electron chi connectivity index (χ3n) is 3.67. The van der Waals surface area contributed by atoms with Crippen molar-refractivity contribution in [2.75, 3.05) is 5.32 Å². The fourth-order valence-corrected chi connectivity index (χ4v) is 3.11. The SMILES string of the molecule is CC(=O)c1cccc(NC(=O)C(C)Sc2nncn2Cc2ccco2)c1. The number of aromatic nitrogens is 3. The number of nitrogens with one attached hydrogen (secondary N) is 1. The fourth-order valence-electron chi connectivity index (χ4n) is 2.29. The van der Waals surface area contributed by atoms with E-state index in [1.807, 2.05) is 16.7 Å². The van der Waals surface area contributed by atoms with Gasteiger partial charge >= 0.3 is 0 Å². The van der Waals surface area contributed by atoms with Crippen molar-refractivity contribution in [3.8, 4) is 0 Å². The van der Waals surface area contributed by atoms with Crippen LogP contribution in [0.3, 0.4) is 0 Å². The highest BCUT2D eigenvalue weighted by Gasteiger charge is 2.18. The summed E-state index contributed by atoms with van der Waals surface area (Å²) in [6, 6.07) is 10.6. The number of furan rings is 1. The van der Waals surface area contributed by atoms with E-state index in [2.05, 4.69) is 15.5 Å². The van der Waals surface area contributed by atoms with E-state index in [1.54, 1.807) is 43.8 Å². The Hall–Kier alpha value is -2.87. The first-order chi connectivity index (χ1) is 12.5. The van der Waals surface area contributed by atoms with E-state index in [0.717, 1.165) is 5.76 Å². The molecule has 0 aliphatic rings. The average molecular weight is 370 g/mol. The smallest absolute Gasteiger partial charge is 0.237 e. The summed E-state index contributed by atoms with van der Waals surface area (Å²) < 4.78 is 7.15. The summed E-state index contributed by atoms with van der Waals surface area (Å²) in [5, 5.41) is 11.0. The number of thioether (sulfide) groups is 1. The Bertz CT molecular complexity index is 905. The molecule has 1 N–H and O–H groups in total. The number of hydrogen-bond donors (Lipinski definition) is 1. The summed E-state index contributed by atoms with van der Waals surface area (Å²) in [5.41, 5.74) is 1.15. The zero-order valence-electron chi connectivity index (χ0n) is 14.4. The molecule has 0 fully saturated rings. The molecule has 2 aromatic heterocycles. The first-order valence-electron chi connectivity index (χ1n) is 8.01. The maximum absolute atomic E-state index is 12.5. The van der Waals surface area contributed by atoms with Gasteiger partial charge in [0.25, 0.3) is 0 Å². The van der Waals surface area contributed by atoms with Crippen molar-refractivity contribution < 1.29 is 14.0 Å². The van der Waals surface area contributed by atoms with Gasteiger partial charge in [-0.05, 0) is 38.1 Å². The molecule has 26 heavy (non-hydrogen) atoms. The molecule has 0 radical (unpaired) electrons. The van der Waals surface area contributed by atoms with Crippen LogP contribution in [0.4, 0.5) is 5.69 Å². The molecule has 0 saturated carbocycles. The predicted molar refractivity (Wildman–Crippen MR) is 98.2 cm³/mol. The van der Waals surface area contributed by atoms with Gasteiger partial charge in [-0.3, -0.25) is 9.59 Å². The molecular weight excluding hydrogens is 352 g/mol. The quantitative estimate of drug-likeness (QED) is 0.507. The lowest BCUT2D eigenvalue weighted by atomic mass is 10.1. The number of Topliss-reactive ketones (excluding diaryl/α,β-unsaturated/α-hetero) is 1. The van der Waals surface area contributed by atoms with Crippen LogP contribution in [0.5, 0.6) is 0 Å². The number of benzene rings is 1. The number of amides is 1. The zero-order valence-corrected chi connectivity index (χ0v) is 15.2. The Morgan fingerprint density at radius 1 is 1.31 bits per heavy atom. The van der Waals surface area contributed by atoms with Gasteiger partial charge in [0, 0.05) is 11.3 Å². The summed E-state index contributed by atoms with van der Waals surface area (Å²) in [7, 11) is 0. The van der Waals surface area contributed by atoms with Crippen molar-refractivity contribution in [1.82, 2.24) is 14.8 Å². The number of anilines is 1. The van der Waals surface area contributed by atoms with Gasteiger partial charge < -0.3 is 14.3 Å². The molecule has 0 aliphatic heterocycles. The lowest BCUT2D eigenvalue weighted by Gasteiger charge is -2.12. The van der Waals surface area contributed by atoms with Crippen LogP contribution in [0.2, 0.25) is 0 Å². The van der Waals surface area contributed by atoms with Crippen LogP contribution in [0.25, 0.3) is 0 Å². The van der Waals surface area contributed by atoms with Crippen LogP contribution in [0.1, 0.15) is 30.0 Å². The standard InChI is InChI=1S/C18H18N4O3S/c1-12(23)14-5-3-6-15(9-14)20-17(24)13(2)26-18-21-19-11-22(18)10-16-7-4-8-25-16/h3-9,11,13H,10H2,1-2H3,(H,20,24). The van der Waals surface area contributed by atoms with Gasteiger partial charge in [-0.1, -0.05) is 23.9 Å². The second-order valence-corrected chi connectivity index (χ2v) is 7.02. The van der Waals surface area contributed by atoms with E-state index >= 15 is 0 Å². The Balaban J connectivity index is 1.64. The van der Waals surface area contributed by atoms with Gasteiger partial charge in [-0.25, -0.2) is 0 Å². The highest BCUT2D eigenvalue weighted by Crippen LogP contribution is 2.23. The summed E-state index contributed by atoms with van der Waals surface area (Å²) in [4.78, 5) is 23.9. The van der Waals surface area contributed by atoms with Gasteiger partial charge in [0.15, 0.2) is 10.9 Å². The molecule has 8 heteroatoms. The molecule has 1 aromatic carbocycles. The Morgan fingerprint density at radius 3 is 2.88 bits per heavy atom. The molecule has 1 unspecified atom stereocenters. The molecule has 3 rings (SSSR count). The minimum absolute atomic E-state index is 0.0467. The van der Waals surface area contributed by atoms with Crippen molar-refractivity contribution in [3.05, 3.63) is 60.3 Å². The van der Waals surface area contributed by atoms with E-state index < -0.39 is 5.25 Å². The van der Waals surface area contributed by atoms with Crippen molar-refractivity contribution >= 4 is 29.1 Å².